The van der Waals surface area contributed by atoms with Gasteiger partial charge in [-0.3, -0.25) is 4.79 Å². The number of hydrogen-bond acceptors (Lipinski definition) is 4. The van der Waals surface area contributed by atoms with Crippen LogP contribution in [0.15, 0.2) is 17.0 Å². The molecular weight excluding hydrogens is 240 g/mol. The number of carboxylic acid groups (broad SMARTS) is 1. The smallest absolute Gasteiger partial charge is 0.334 e. The summed E-state index contributed by atoms with van der Waals surface area (Å²) < 4.78 is 4.82. The Hall–Kier alpha value is -1.62. The summed E-state index contributed by atoms with van der Waals surface area (Å²) in [6.45, 7) is 3.87. The number of hydrogen-bond donors (Lipinski definition) is 1. The Balaban J connectivity index is 2.92. The number of carbonyl (C=O) groups is 2. The molecule has 0 fully saturated rings. The molecule has 1 N–H and O–H groups in total. The number of carboxylic acids is 1. The van der Waals surface area contributed by atoms with Crippen molar-refractivity contribution < 1.29 is 19.4 Å². The maximum absolute atomic E-state index is 11.5. The maximum atomic E-state index is 11.5. The second-order valence-electron chi connectivity index (χ2n) is 3.45. The van der Waals surface area contributed by atoms with Crippen LogP contribution in [0.25, 0.3) is 6.08 Å². The number of aliphatic carboxylic acids is 1. The number of aryl methyl sites for hydroxylation is 1. The van der Waals surface area contributed by atoms with E-state index in [9.17, 15) is 9.59 Å². The second kappa shape index (κ2) is 6.20. The van der Waals surface area contributed by atoms with Crippen molar-refractivity contribution in [1.82, 2.24) is 0 Å². The molecule has 1 aromatic heterocycles. The lowest BCUT2D eigenvalue weighted by molar-refractivity contribution is -0.142. The van der Waals surface area contributed by atoms with Crippen molar-refractivity contribution in [1.29, 1.82) is 0 Å². The minimum absolute atomic E-state index is 0.164. The number of ether oxygens (including phenoxy) is 1. The first-order valence-electron chi connectivity index (χ1n) is 5.17. The maximum Gasteiger partial charge on any atom is 0.334 e. The van der Waals surface area contributed by atoms with Crippen molar-refractivity contribution in [3.05, 3.63) is 27.5 Å². The predicted octanol–water partition coefficient (Wildman–Crippen LogP) is 2.48. The summed E-state index contributed by atoms with van der Waals surface area (Å²) >= 11 is 1.55. The van der Waals surface area contributed by atoms with E-state index in [1.165, 1.54) is 0 Å². The highest BCUT2D eigenvalue weighted by molar-refractivity contribution is 7.10. The first-order valence-corrected chi connectivity index (χ1v) is 6.05. The Morgan fingerprint density at radius 1 is 1.53 bits per heavy atom. The zero-order valence-corrected chi connectivity index (χ0v) is 10.5. The molecule has 0 radical (unpaired) electrons. The normalized spacial score (nSPS) is 11.3. The highest BCUT2D eigenvalue weighted by Crippen LogP contribution is 2.18. The SMILES string of the molecule is CCOC(=O)/C(=C/c1csc(C)c1)CC(=O)O. The quantitative estimate of drug-likeness (QED) is 0.647. The molecule has 0 aliphatic rings. The molecule has 0 aliphatic carbocycles. The third-order valence-electron chi connectivity index (χ3n) is 1.97. The van der Waals surface area contributed by atoms with Gasteiger partial charge in [0.1, 0.15) is 0 Å². The van der Waals surface area contributed by atoms with Gasteiger partial charge < -0.3 is 9.84 Å². The van der Waals surface area contributed by atoms with Crippen LogP contribution < -0.4 is 0 Å². The van der Waals surface area contributed by atoms with E-state index in [4.69, 9.17) is 9.84 Å². The highest BCUT2D eigenvalue weighted by Gasteiger charge is 2.14. The van der Waals surface area contributed by atoms with E-state index in [0.29, 0.717) is 0 Å². The van der Waals surface area contributed by atoms with Crippen LogP contribution in [0.4, 0.5) is 0 Å². The van der Waals surface area contributed by atoms with E-state index in [0.717, 1.165) is 10.4 Å². The van der Waals surface area contributed by atoms with E-state index in [2.05, 4.69) is 0 Å². The van der Waals surface area contributed by atoms with E-state index in [1.54, 1.807) is 24.3 Å². The molecule has 0 bridgehead atoms. The monoisotopic (exact) mass is 254 g/mol. The molecule has 0 spiro atoms. The molecule has 0 aromatic carbocycles. The molecular formula is C12H14O4S. The molecule has 0 amide bonds. The van der Waals surface area contributed by atoms with E-state index in [-0.39, 0.29) is 18.6 Å². The number of carbonyl (C=O) groups excluding carboxylic acids is 1. The van der Waals surface area contributed by atoms with Crippen LogP contribution in [0.3, 0.4) is 0 Å². The van der Waals surface area contributed by atoms with E-state index in [1.807, 2.05) is 18.4 Å². The van der Waals surface area contributed by atoms with Crippen molar-refractivity contribution in [3.8, 4) is 0 Å². The van der Waals surface area contributed by atoms with Crippen molar-refractivity contribution in [2.45, 2.75) is 20.3 Å². The highest BCUT2D eigenvalue weighted by atomic mass is 32.1. The molecule has 5 heteroatoms. The third-order valence-corrected chi connectivity index (χ3v) is 2.85. The zero-order valence-electron chi connectivity index (χ0n) is 9.73. The van der Waals surface area contributed by atoms with Gasteiger partial charge >= 0.3 is 11.9 Å². The van der Waals surface area contributed by atoms with Gasteiger partial charge in [-0.1, -0.05) is 0 Å². The van der Waals surface area contributed by atoms with Gasteiger partial charge in [0.2, 0.25) is 0 Å². The summed E-state index contributed by atoms with van der Waals surface area (Å²) in [7, 11) is 0. The van der Waals surface area contributed by atoms with Crippen LogP contribution in [-0.4, -0.2) is 23.7 Å². The van der Waals surface area contributed by atoms with Crippen LogP contribution in [0.2, 0.25) is 0 Å². The largest absolute Gasteiger partial charge is 0.481 e. The zero-order chi connectivity index (χ0) is 12.8. The Bertz CT molecular complexity index is 445. The molecule has 0 atom stereocenters. The Morgan fingerprint density at radius 3 is 2.71 bits per heavy atom. The molecule has 1 heterocycles. The van der Waals surface area contributed by atoms with Gasteiger partial charge in [-0.05, 0) is 36.9 Å². The number of rotatable bonds is 5. The summed E-state index contributed by atoms with van der Waals surface area (Å²) in [5.74, 6) is -1.62. The molecule has 0 unspecified atom stereocenters. The van der Waals surface area contributed by atoms with Gasteiger partial charge in [-0.25, -0.2) is 4.79 Å². The molecule has 0 saturated carbocycles. The first kappa shape index (κ1) is 13.4. The van der Waals surface area contributed by atoms with Gasteiger partial charge in [-0.15, -0.1) is 11.3 Å². The fraction of sp³-hybridized carbons (Fsp3) is 0.333. The summed E-state index contributed by atoms with van der Waals surface area (Å²) in [6.07, 6.45) is 1.24. The lowest BCUT2D eigenvalue weighted by Crippen LogP contribution is -2.11. The van der Waals surface area contributed by atoms with Gasteiger partial charge in [0.15, 0.2) is 0 Å². The average molecular weight is 254 g/mol. The standard InChI is InChI=1S/C12H14O4S/c1-3-16-12(15)10(6-11(13)14)5-9-4-8(2)17-7-9/h4-5,7H,3,6H2,1-2H3,(H,13,14)/b10-5+. The molecule has 0 aliphatic heterocycles. The summed E-state index contributed by atoms with van der Waals surface area (Å²) in [5, 5.41) is 10.6. The first-order chi connectivity index (χ1) is 8.02. The van der Waals surface area contributed by atoms with E-state index < -0.39 is 11.9 Å². The molecule has 17 heavy (non-hydrogen) atoms. The van der Waals surface area contributed by atoms with Crippen molar-refractivity contribution in [3.63, 3.8) is 0 Å². The Kier molecular flexibility index (Phi) is 4.90. The lowest BCUT2D eigenvalue weighted by Gasteiger charge is -2.03. The number of esters is 1. The van der Waals surface area contributed by atoms with Crippen LogP contribution >= 0.6 is 11.3 Å². The summed E-state index contributed by atoms with van der Waals surface area (Å²) in [5.41, 5.74) is 0.994. The molecule has 1 rings (SSSR count). The van der Waals surface area contributed by atoms with Gasteiger partial charge in [0.25, 0.3) is 0 Å². The Morgan fingerprint density at radius 2 is 2.24 bits per heavy atom. The molecule has 0 saturated heterocycles. The summed E-state index contributed by atoms with van der Waals surface area (Å²) in [6, 6.07) is 1.89. The fourth-order valence-electron chi connectivity index (χ4n) is 1.31. The van der Waals surface area contributed by atoms with Gasteiger partial charge in [-0.2, -0.15) is 0 Å². The van der Waals surface area contributed by atoms with Crippen molar-refractivity contribution in [2.24, 2.45) is 0 Å². The third kappa shape index (κ3) is 4.40. The van der Waals surface area contributed by atoms with Crippen molar-refractivity contribution in [2.75, 3.05) is 6.61 Å². The second-order valence-corrected chi connectivity index (χ2v) is 4.57. The minimum atomic E-state index is -1.05. The van der Waals surface area contributed by atoms with Crippen LogP contribution in [-0.2, 0) is 14.3 Å². The molecule has 1 aromatic rings. The molecule has 92 valence electrons. The van der Waals surface area contributed by atoms with Crippen LogP contribution in [0, 0.1) is 6.92 Å². The van der Waals surface area contributed by atoms with Crippen molar-refractivity contribution >= 4 is 29.4 Å². The minimum Gasteiger partial charge on any atom is -0.481 e. The lowest BCUT2D eigenvalue weighted by atomic mass is 10.1. The Labute approximate surface area is 104 Å². The van der Waals surface area contributed by atoms with Gasteiger partial charge in [0.05, 0.1) is 13.0 Å². The van der Waals surface area contributed by atoms with Gasteiger partial charge in [0, 0.05) is 10.5 Å². The van der Waals surface area contributed by atoms with Crippen LogP contribution in [0.1, 0.15) is 23.8 Å². The molecule has 4 nitrogen and oxygen atoms in total. The predicted molar refractivity (Wildman–Crippen MR) is 65.9 cm³/mol. The fourth-order valence-corrected chi connectivity index (χ4v) is 1.97. The van der Waals surface area contributed by atoms with E-state index >= 15 is 0 Å². The topological polar surface area (TPSA) is 63.6 Å². The average Bonchev–Trinajstić information content (AvgIpc) is 2.63. The van der Waals surface area contributed by atoms with Crippen LogP contribution in [0.5, 0.6) is 0 Å². The summed E-state index contributed by atoms with van der Waals surface area (Å²) in [4.78, 5) is 23.3. The number of thiophene rings is 1.